The lowest BCUT2D eigenvalue weighted by Crippen LogP contribution is -2.25. The monoisotopic (exact) mass is 413 g/mol. The van der Waals surface area contributed by atoms with Crippen molar-refractivity contribution < 1.29 is 4.79 Å². The van der Waals surface area contributed by atoms with E-state index < -0.39 is 0 Å². The number of nitrogens with one attached hydrogen (secondary N) is 1. The number of rotatable bonds is 3. The van der Waals surface area contributed by atoms with Gasteiger partial charge in [0.1, 0.15) is 0 Å². The first-order valence-corrected chi connectivity index (χ1v) is 7.41. The van der Waals surface area contributed by atoms with Crippen LogP contribution in [0.5, 0.6) is 0 Å². The summed E-state index contributed by atoms with van der Waals surface area (Å²) in [5.74, 6) is -0.117. The topological polar surface area (TPSA) is 50.8 Å². The van der Waals surface area contributed by atoms with Crippen molar-refractivity contribution in [3.8, 4) is 0 Å². The van der Waals surface area contributed by atoms with Gasteiger partial charge in [-0.2, -0.15) is 0 Å². The molecule has 120 valence electrons. The van der Waals surface area contributed by atoms with Gasteiger partial charge in [-0.05, 0) is 30.3 Å². The molecule has 0 radical (unpaired) electrons. The molecule has 1 aromatic heterocycles. The SMILES string of the molecule is Br.Cn1c(=N)n(CC(=O)c2ccc(Cl)c(Cl)c2)c2ccccc21. The quantitative estimate of drug-likeness (QED) is 0.640. The van der Waals surface area contributed by atoms with Gasteiger partial charge in [0, 0.05) is 12.6 Å². The molecule has 7 heteroatoms. The van der Waals surface area contributed by atoms with Crippen molar-refractivity contribution >= 4 is 57.0 Å². The summed E-state index contributed by atoms with van der Waals surface area (Å²) in [6.45, 7) is 0.0815. The van der Waals surface area contributed by atoms with Crippen LogP contribution in [0.25, 0.3) is 11.0 Å². The third-order valence-electron chi connectivity index (χ3n) is 3.65. The highest BCUT2D eigenvalue weighted by atomic mass is 79.9. The zero-order valence-electron chi connectivity index (χ0n) is 12.2. The molecule has 0 atom stereocenters. The molecule has 3 aromatic rings. The summed E-state index contributed by atoms with van der Waals surface area (Å²) in [5, 5.41) is 8.95. The number of carbonyl (C=O) groups excluding carboxylic acids is 1. The number of fused-ring (bicyclic) bond motifs is 1. The Balaban J connectivity index is 0.00000192. The van der Waals surface area contributed by atoms with E-state index in [1.807, 2.05) is 31.3 Å². The molecular formula is C16H14BrCl2N3O. The molecule has 4 nitrogen and oxygen atoms in total. The summed E-state index contributed by atoms with van der Waals surface area (Å²) in [4.78, 5) is 12.5. The maximum Gasteiger partial charge on any atom is 0.203 e. The molecule has 0 bridgehead atoms. The average Bonchev–Trinajstić information content (AvgIpc) is 2.75. The van der Waals surface area contributed by atoms with E-state index in [0.717, 1.165) is 11.0 Å². The van der Waals surface area contributed by atoms with E-state index in [9.17, 15) is 4.79 Å². The number of nitrogens with zero attached hydrogens (tertiary/aromatic N) is 2. The van der Waals surface area contributed by atoms with Gasteiger partial charge in [0.25, 0.3) is 0 Å². The minimum Gasteiger partial charge on any atom is -0.313 e. The van der Waals surface area contributed by atoms with Crippen LogP contribution < -0.4 is 5.62 Å². The maximum absolute atomic E-state index is 12.5. The van der Waals surface area contributed by atoms with Crippen molar-refractivity contribution in [3.05, 3.63) is 63.7 Å². The lowest BCUT2D eigenvalue weighted by Gasteiger charge is -2.05. The number of carbonyl (C=O) groups is 1. The summed E-state index contributed by atoms with van der Waals surface area (Å²) < 4.78 is 3.43. The van der Waals surface area contributed by atoms with Crippen LogP contribution in [0.2, 0.25) is 10.0 Å². The fourth-order valence-corrected chi connectivity index (χ4v) is 2.75. The maximum atomic E-state index is 12.5. The molecule has 23 heavy (non-hydrogen) atoms. The highest BCUT2D eigenvalue weighted by molar-refractivity contribution is 8.93. The Morgan fingerprint density at radius 3 is 2.39 bits per heavy atom. The van der Waals surface area contributed by atoms with Crippen LogP contribution in [0.1, 0.15) is 10.4 Å². The van der Waals surface area contributed by atoms with Gasteiger partial charge in [-0.15, -0.1) is 17.0 Å². The Bertz CT molecular complexity index is 946. The highest BCUT2D eigenvalue weighted by Gasteiger charge is 2.13. The second-order valence-corrected chi connectivity index (χ2v) is 5.82. The number of imidazole rings is 1. The number of halogens is 3. The van der Waals surface area contributed by atoms with Crippen LogP contribution >= 0.6 is 40.2 Å². The van der Waals surface area contributed by atoms with Crippen LogP contribution in [0.15, 0.2) is 42.5 Å². The van der Waals surface area contributed by atoms with Crippen molar-refractivity contribution in [2.75, 3.05) is 0 Å². The van der Waals surface area contributed by atoms with Crippen LogP contribution in [0.3, 0.4) is 0 Å². The smallest absolute Gasteiger partial charge is 0.203 e. The van der Waals surface area contributed by atoms with Crippen molar-refractivity contribution in [1.82, 2.24) is 9.13 Å². The van der Waals surface area contributed by atoms with E-state index in [4.69, 9.17) is 28.6 Å². The summed E-state index contributed by atoms with van der Waals surface area (Å²) in [5.41, 5.74) is 2.52. The molecule has 1 heterocycles. The molecule has 0 aliphatic carbocycles. The normalized spacial score (nSPS) is 10.6. The minimum atomic E-state index is -0.117. The lowest BCUT2D eigenvalue weighted by molar-refractivity contribution is 0.0971. The van der Waals surface area contributed by atoms with E-state index in [1.54, 1.807) is 27.3 Å². The molecule has 0 saturated carbocycles. The summed E-state index contributed by atoms with van der Waals surface area (Å²) in [6.07, 6.45) is 0. The molecule has 2 aromatic carbocycles. The Kier molecular flexibility index (Phi) is 5.34. The van der Waals surface area contributed by atoms with Gasteiger partial charge in [0.2, 0.25) is 5.62 Å². The molecule has 0 amide bonds. The summed E-state index contributed by atoms with van der Waals surface area (Å²) >= 11 is 11.8. The number of Topliss-reactive ketones (excluding diaryl/α,β-unsaturated/α-hetero) is 1. The molecule has 0 fully saturated rings. The Morgan fingerprint density at radius 2 is 1.74 bits per heavy atom. The van der Waals surface area contributed by atoms with E-state index in [1.165, 1.54) is 0 Å². The molecular weight excluding hydrogens is 401 g/mol. The molecule has 0 aliphatic rings. The molecule has 3 rings (SSSR count). The van der Waals surface area contributed by atoms with Crippen LogP contribution in [-0.4, -0.2) is 14.9 Å². The summed E-state index contributed by atoms with van der Waals surface area (Å²) in [7, 11) is 1.81. The second-order valence-electron chi connectivity index (χ2n) is 5.01. The van der Waals surface area contributed by atoms with Gasteiger partial charge in [-0.25, -0.2) is 0 Å². The van der Waals surface area contributed by atoms with Crippen LogP contribution in [-0.2, 0) is 13.6 Å². The van der Waals surface area contributed by atoms with Gasteiger partial charge < -0.3 is 9.13 Å². The first-order chi connectivity index (χ1) is 10.5. The number of aryl methyl sites for hydroxylation is 1. The van der Waals surface area contributed by atoms with Crippen molar-refractivity contribution in [2.45, 2.75) is 6.54 Å². The zero-order chi connectivity index (χ0) is 15.9. The third-order valence-corrected chi connectivity index (χ3v) is 4.39. The standard InChI is InChI=1S/C16H13Cl2N3O.BrH/c1-20-13-4-2-3-5-14(13)21(16(20)19)9-15(22)10-6-7-11(17)12(18)8-10;/h2-8,19H,9H2,1H3;1H. The number of aromatic nitrogens is 2. The Hall–Kier alpha value is -1.56. The van der Waals surface area contributed by atoms with Gasteiger partial charge >= 0.3 is 0 Å². The first-order valence-electron chi connectivity index (χ1n) is 6.66. The molecule has 0 aliphatic heterocycles. The zero-order valence-corrected chi connectivity index (χ0v) is 15.4. The largest absolute Gasteiger partial charge is 0.313 e. The van der Waals surface area contributed by atoms with E-state index in [-0.39, 0.29) is 34.9 Å². The predicted molar refractivity (Wildman–Crippen MR) is 97.9 cm³/mol. The first kappa shape index (κ1) is 17.8. The van der Waals surface area contributed by atoms with E-state index >= 15 is 0 Å². The second kappa shape index (κ2) is 6.91. The molecule has 1 N–H and O–H groups in total. The number of ketones is 1. The Labute approximate surface area is 153 Å². The van der Waals surface area contributed by atoms with Gasteiger partial charge in [0.05, 0.1) is 27.6 Å². The number of hydrogen-bond donors (Lipinski definition) is 1. The van der Waals surface area contributed by atoms with Gasteiger partial charge in [0.15, 0.2) is 5.78 Å². The molecule has 0 spiro atoms. The van der Waals surface area contributed by atoms with Crippen molar-refractivity contribution in [2.24, 2.45) is 7.05 Å². The van der Waals surface area contributed by atoms with Crippen LogP contribution in [0.4, 0.5) is 0 Å². The van der Waals surface area contributed by atoms with Crippen LogP contribution in [0, 0.1) is 5.41 Å². The lowest BCUT2D eigenvalue weighted by atomic mass is 10.1. The number of hydrogen-bond acceptors (Lipinski definition) is 2. The number of benzene rings is 2. The van der Waals surface area contributed by atoms with Crippen molar-refractivity contribution in [3.63, 3.8) is 0 Å². The number of para-hydroxylation sites is 2. The Morgan fingerprint density at radius 1 is 1.09 bits per heavy atom. The van der Waals surface area contributed by atoms with E-state index in [0.29, 0.717) is 15.6 Å². The minimum absolute atomic E-state index is 0. The fourth-order valence-electron chi connectivity index (χ4n) is 2.45. The highest BCUT2D eigenvalue weighted by Crippen LogP contribution is 2.23. The molecule has 0 saturated heterocycles. The van der Waals surface area contributed by atoms with Gasteiger partial charge in [-0.1, -0.05) is 35.3 Å². The van der Waals surface area contributed by atoms with E-state index in [2.05, 4.69) is 0 Å². The van der Waals surface area contributed by atoms with Gasteiger partial charge in [-0.3, -0.25) is 10.2 Å². The molecule has 0 unspecified atom stereocenters. The fraction of sp³-hybridized carbons (Fsp3) is 0.125. The predicted octanol–water partition coefficient (Wildman–Crippen LogP) is 4.23. The third kappa shape index (κ3) is 3.22. The van der Waals surface area contributed by atoms with Crippen molar-refractivity contribution in [1.29, 1.82) is 5.41 Å². The summed E-state index contributed by atoms with van der Waals surface area (Å²) in [6, 6.07) is 12.4. The average molecular weight is 415 g/mol.